The fraction of sp³-hybridized carbons (Fsp3) is 0.222. The summed E-state index contributed by atoms with van der Waals surface area (Å²) >= 11 is 0. The van der Waals surface area contributed by atoms with Gasteiger partial charge in [0, 0.05) is 0 Å². The number of hydrogen-bond donors (Lipinski definition) is 0. The minimum atomic E-state index is -4.26. The summed E-state index contributed by atoms with van der Waals surface area (Å²) in [4.78, 5) is 3.57. The lowest BCUT2D eigenvalue weighted by Crippen LogP contribution is -2.04. The van der Waals surface area contributed by atoms with Crippen molar-refractivity contribution in [3.63, 3.8) is 0 Å². The molecule has 0 heterocycles. The third-order valence-corrected chi connectivity index (χ3v) is 1.58. The van der Waals surface area contributed by atoms with Crippen LogP contribution in [0.3, 0.4) is 0 Å². The molecule has 4 heteroatoms. The molecule has 0 aliphatic heterocycles. The van der Waals surface area contributed by atoms with E-state index in [0.717, 1.165) is 17.7 Å². The maximum atomic E-state index is 12.1. The van der Waals surface area contributed by atoms with Crippen LogP contribution in [0.4, 0.5) is 13.2 Å². The molecule has 0 spiro atoms. The Kier molecular flexibility index (Phi) is 2.70. The first-order chi connectivity index (χ1) is 6.04. The van der Waals surface area contributed by atoms with Crippen molar-refractivity contribution in [1.29, 1.82) is 0 Å². The molecule has 13 heavy (non-hydrogen) atoms. The lowest BCUT2D eigenvalue weighted by Gasteiger charge is -2.06. The fourth-order valence-electron chi connectivity index (χ4n) is 0.928. The van der Waals surface area contributed by atoms with Gasteiger partial charge in [-0.05, 0) is 24.4 Å². The molecule has 0 atom stereocenters. The molecular formula is C9H8F3N. The van der Waals surface area contributed by atoms with E-state index in [9.17, 15) is 13.2 Å². The van der Waals surface area contributed by atoms with Crippen LogP contribution < -0.4 is 0 Å². The van der Waals surface area contributed by atoms with Crippen molar-refractivity contribution >= 4 is 6.72 Å². The van der Waals surface area contributed by atoms with Crippen molar-refractivity contribution in [3.8, 4) is 0 Å². The normalized spacial score (nSPS) is 11.3. The van der Waals surface area contributed by atoms with Crippen molar-refractivity contribution < 1.29 is 13.2 Å². The topological polar surface area (TPSA) is 12.4 Å². The molecule has 0 amide bonds. The molecule has 0 unspecified atom stereocenters. The Bertz CT molecular complexity index is 287. The summed E-state index contributed by atoms with van der Waals surface area (Å²) in [6.07, 6.45) is -4.26. The Morgan fingerprint density at radius 3 is 2.08 bits per heavy atom. The van der Waals surface area contributed by atoms with Crippen LogP contribution >= 0.6 is 0 Å². The minimum Gasteiger partial charge on any atom is -0.296 e. The van der Waals surface area contributed by atoms with Crippen molar-refractivity contribution in [2.75, 3.05) is 0 Å². The zero-order valence-corrected chi connectivity index (χ0v) is 6.80. The zero-order valence-electron chi connectivity index (χ0n) is 6.80. The van der Waals surface area contributed by atoms with Crippen LogP contribution in [0.1, 0.15) is 11.1 Å². The maximum Gasteiger partial charge on any atom is 0.416 e. The van der Waals surface area contributed by atoms with E-state index in [2.05, 4.69) is 11.7 Å². The second-order valence-corrected chi connectivity index (χ2v) is 2.58. The van der Waals surface area contributed by atoms with Gasteiger partial charge in [-0.2, -0.15) is 13.2 Å². The quantitative estimate of drug-likeness (QED) is 0.631. The molecule has 70 valence electrons. The monoisotopic (exact) mass is 187 g/mol. The van der Waals surface area contributed by atoms with Crippen LogP contribution in [0, 0.1) is 0 Å². The van der Waals surface area contributed by atoms with Crippen LogP contribution in [0.15, 0.2) is 29.3 Å². The average molecular weight is 187 g/mol. The van der Waals surface area contributed by atoms with Crippen molar-refractivity contribution in [2.45, 2.75) is 12.7 Å². The summed E-state index contributed by atoms with van der Waals surface area (Å²) in [5, 5.41) is 0. The van der Waals surface area contributed by atoms with Gasteiger partial charge in [-0.15, -0.1) is 0 Å². The van der Waals surface area contributed by atoms with E-state index >= 15 is 0 Å². The molecular weight excluding hydrogens is 179 g/mol. The number of hydrogen-bond acceptors (Lipinski definition) is 1. The van der Waals surface area contributed by atoms with Gasteiger partial charge in [-0.1, -0.05) is 12.1 Å². The van der Waals surface area contributed by atoms with Gasteiger partial charge < -0.3 is 0 Å². The van der Waals surface area contributed by atoms with Crippen LogP contribution in [0.25, 0.3) is 0 Å². The maximum absolute atomic E-state index is 12.1. The highest BCUT2D eigenvalue weighted by Gasteiger charge is 2.29. The van der Waals surface area contributed by atoms with Gasteiger partial charge >= 0.3 is 6.18 Å². The first kappa shape index (κ1) is 9.77. The molecule has 0 bridgehead atoms. The number of nitrogens with zero attached hydrogens (tertiary/aromatic N) is 1. The molecule has 1 rings (SSSR count). The Labute approximate surface area is 73.9 Å². The summed E-state index contributed by atoms with van der Waals surface area (Å²) in [6.45, 7) is 3.60. The van der Waals surface area contributed by atoms with Gasteiger partial charge in [0.25, 0.3) is 0 Å². The van der Waals surface area contributed by atoms with E-state index in [0.29, 0.717) is 6.54 Å². The van der Waals surface area contributed by atoms with Gasteiger partial charge in [0.2, 0.25) is 0 Å². The highest BCUT2D eigenvalue weighted by molar-refractivity contribution is 5.28. The van der Waals surface area contributed by atoms with E-state index in [1.54, 1.807) is 0 Å². The molecule has 0 saturated heterocycles. The number of aliphatic imine (C=N–C) groups is 1. The van der Waals surface area contributed by atoms with E-state index in [4.69, 9.17) is 0 Å². The molecule has 0 aromatic heterocycles. The largest absolute Gasteiger partial charge is 0.416 e. The van der Waals surface area contributed by atoms with Crippen molar-refractivity contribution in [1.82, 2.24) is 0 Å². The van der Waals surface area contributed by atoms with E-state index in [1.165, 1.54) is 12.1 Å². The molecule has 0 saturated carbocycles. The third kappa shape index (κ3) is 2.57. The van der Waals surface area contributed by atoms with Crippen molar-refractivity contribution in [2.24, 2.45) is 4.99 Å². The van der Waals surface area contributed by atoms with E-state index < -0.39 is 11.7 Å². The van der Waals surface area contributed by atoms with Gasteiger partial charge in [-0.25, -0.2) is 0 Å². The minimum absolute atomic E-state index is 0.345. The Hall–Kier alpha value is -1.32. The molecule has 1 nitrogen and oxygen atoms in total. The van der Waals surface area contributed by atoms with E-state index in [1.807, 2.05) is 0 Å². The fourth-order valence-corrected chi connectivity index (χ4v) is 0.928. The Morgan fingerprint density at radius 2 is 1.69 bits per heavy atom. The first-order valence-corrected chi connectivity index (χ1v) is 3.62. The number of benzene rings is 1. The molecule has 1 aromatic carbocycles. The van der Waals surface area contributed by atoms with E-state index in [-0.39, 0.29) is 0 Å². The second-order valence-electron chi connectivity index (χ2n) is 2.58. The highest BCUT2D eigenvalue weighted by Crippen LogP contribution is 2.29. The van der Waals surface area contributed by atoms with Crippen LogP contribution in [-0.2, 0) is 12.7 Å². The molecule has 0 N–H and O–H groups in total. The summed E-state index contributed by atoms with van der Waals surface area (Å²) < 4.78 is 36.2. The van der Waals surface area contributed by atoms with Crippen LogP contribution in [0.2, 0.25) is 0 Å². The Balaban J connectivity index is 2.87. The molecule has 0 fully saturated rings. The molecule has 1 aromatic rings. The number of halogens is 3. The summed E-state index contributed by atoms with van der Waals surface area (Å²) in [5.74, 6) is 0. The molecule has 0 aliphatic rings. The van der Waals surface area contributed by atoms with Gasteiger partial charge in [-0.3, -0.25) is 4.99 Å². The van der Waals surface area contributed by atoms with Crippen LogP contribution in [-0.4, -0.2) is 6.72 Å². The smallest absolute Gasteiger partial charge is 0.296 e. The van der Waals surface area contributed by atoms with Crippen LogP contribution in [0.5, 0.6) is 0 Å². The summed E-state index contributed by atoms with van der Waals surface area (Å²) in [6, 6.07) is 4.88. The predicted molar refractivity (Wildman–Crippen MR) is 44.7 cm³/mol. The first-order valence-electron chi connectivity index (χ1n) is 3.62. The number of alkyl halides is 3. The van der Waals surface area contributed by atoms with Crippen molar-refractivity contribution in [3.05, 3.63) is 35.4 Å². The van der Waals surface area contributed by atoms with Gasteiger partial charge in [0.15, 0.2) is 0 Å². The van der Waals surface area contributed by atoms with Gasteiger partial charge in [0.05, 0.1) is 12.1 Å². The SMILES string of the molecule is C=NCc1ccc(C(F)(F)F)cc1. The summed E-state index contributed by atoms with van der Waals surface area (Å²) in [7, 11) is 0. The predicted octanol–water partition coefficient (Wildman–Crippen LogP) is 2.91. The number of rotatable bonds is 2. The zero-order chi connectivity index (χ0) is 9.90. The van der Waals surface area contributed by atoms with Gasteiger partial charge in [0.1, 0.15) is 0 Å². The standard InChI is InChI=1S/C9H8F3N/c1-13-6-7-2-4-8(5-3-7)9(10,11)12/h2-5H,1,6H2. The Morgan fingerprint density at radius 1 is 1.15 bits per heavy atom. The lowest BCUT2D eigenvalue weighted by molar-refractivity contribution is -0.137. The average Bonchev–Trinajstić information content (AvgIpc) is 2.04. The second kappa shape index (κ2) is 3.60. The molecule has 0 radical (unpaired) electrons. The lowest BCUT2D eigenvalue weighted by atomic mass is 10.1. The highest BCUT2D eigenvalue weighted by atomic mass is 19.4. The summed E-state index contributed by atoms with van der Waals surface area (Å²) in [5.41, 5.74) is 0.0864. The molecule has 0 aliphatic carbocycles. The third-order valence-electron chi connectivity index (χ3n) is 1.58.